The Balaban J connectivity index is 1.74. The van der Waals surface area contributed by atoms with Crippen LogP contribution < -0.4 is 5.32 Å². The average Bonchev–Trinajstić information content (AvgIpc) is 3.16. The number of anilines is 1. The summed E-state index contributed by atoms with van der Waals surface area (Å²) in [5.41, 5.74) is 2.33. The highest BCUT2D eigenvalue weighted by atomic mass is 32.2. The Morgan fingerprint density at radius 3 is 2.48 bits per heavy atom. The van der Waals surface area contributed by atoms with Crippen molar-refractivity contribution in [1.82, 2.24) is 9.78 Å². The van der Waals surface area contributed by atoms with E-state index >= 15 is 0 Å². The first-order valence-electron chi connectivity index (χ1n) is 9.31. The van der Waals surface area contributed by atoms with E-state index in [2.05, 4.69) is 10.4 Å². The predicted octanol–water partition coefficient (Wildman–Crippen LogP) is 3.57. The number of carbonyl (C=O) groups is 1. The minimum absolute atomic E-state index is 0.171. The molecule has 1 N–H and O–H groups in total. The second kappa shape index (κ2) is 7.44. The summed E-state index contributed by atoms with van der Waals surface area (Å²) >= 11 is 0. The van der Waals surface area contributed by atoms with E-state index in [-0.39, 0.29) is 23.3 Å². The highest BCUT2D eigenvalue weighted by Gasteiger charge is 2.34. The van der Waals surface area contributed by atoms with E-state index in [4.69, 9.17) is 0 Å². The molecule has 2 aromatic carbocycles. The van der Waals surface area contributed by atoms with Crippen molar-refractivity contribution in [3.05, 3.63) is 77.2 Å². The number of benzene rings is 2. The third kappa shape index (κ3) is 3.80. The number of amides is 1. The number of fused-ring (bicyclic) bond motifs is 1. The summed E-state index contributed by atoms with van der Waals surface area (Å²) in [6.45, 7) is 1.92. The van der Waals surface area contributed by atoms with Crippen LogP contribution in [-0.2, 0) is 26.1 Å². The van der Waals surface area contributed by atoms with Crippen molar-refractivity contribution in [2.75, 3.05) is 5.32 Å². The lowest BCUT2D eigenvalue weighted by atomic mass is 9.95. The lowest BCUT2D eigenvalue weighted by Gasteiger charge is -2.17. The van der Waals surface area contributed by atoms with Gasteiger partial charge in [0.15, 0.2) is 9.84 Å². The molecule has 6 nitrogen and oxygen atoms in total. The van der Waals surface area contributed by atoms with Gasteiger partial charge in [0.1, 0.15) is 11.6 Å². The largest absolute Gasteiger partial charge is 0.310 e. The number of sulfone groups is 1. The number of hydrogen-bond acceptors (Lipinski definition) is 4. The van der Waals surface area contributed by atoms with Crippen LogP contribution in [0.25, 0.3) is 5.69 Å². The molecule has 150 valence electrons. The van der Waals surface area contributed by atoms with Crippen LogP contribution in [0.2, 0.25) is 0 Å². The SMILES string of the molecule is CCC(C(=O)Nc1c2c(nn1-c1ccc(F)cc1)CS(=O)(=O)C2)c1ccccc1. The maximum Gasteiger partial charge on any atom is 0.233 e. The lowest BCUT2D eigenvalue weighted by molar-refractivity contribution is -0.117. The second-order valence-electron chi connectivity index (χ2n) is 7.06. The Kier molecular flexibility index (Phi) is 4.96. The monoisotopic (exact) mass is 413 g/mol. The number of nitrogens with one attached hydrogen (secondary N) is 1. The zero-order valence-corrected chi connectivity index (χ0v) is 16.6. The maximum atomic E-state index is 13.3. The second-order valence-corrected chi connectivity index (χ2v) is 9.12. The van der Waals surface area contributed by atoms with Gasteiger partial charge in [-0.3, -0.25) is 4.79 Å². The Morgan fingerprint density at radius 2 is 1.83 bits per heavy atom. The summed E-state index contributed by atoms with van der Waals surface area (Å²) < 4.78 is 39.0. The van der Waals surface area contributed by atoms with Gasteiger partial charge in [-0.1, -0.05) is 37.3 Å². The first kappa shape index (κ1) is 19.3. The number of aromatic nitrogens is 2. The quantitative estimate of drug-likeness (QED) is 0.693. The van der Waals surface area contributed by atoms with Crippen LogP contribution in [0.3, 0.4) is 0 Å². The van der Waals surface area contributed by atoms with Crippen molar-refractivity contribution >= 4 is 21.6 Å². The van der Waals surface area contributed by atoms with Crippen LogP contribution in [0.4, 0.5) is 10.2 Å². The van der Waals surface area contributed by atoms with Gasteiger partial charge in [0.05, 0.1) is 28.8 Å². The number of nitrogens with zero attached hydrogens (tertiary/aromatic N) is 2. The van der Waals surface area contributed by atoms with Gasteiger partial charge in [0, 0.05) is 5.56 Å². The van der Waals surface area contributed by atoms with Crippen molar-refractivity contribution < 1.29 is 17.6 Å². The number of rotatable bonds is 5. The van der Waals surface area contributed by atoms with Gasteiger partial charge in [-0.05, 0) is 36.2 Å². The maximum absolute atomic E-state index is 13.3. The molecular formula is C21H20FN3O3S. The summed E-state index contributed by atoms with van der Waals surface area (Å²) in [5.74, 6) is -1.05. The molecular weight excluding hydrogens is 393 g/mol. The van der Waals surface area contributed by atoms with Gasteiger partial charge in [-0.15, -0.1) is 0 Å². The summed E-state index contributed by atoms with van der Waals surface area (Å²) in [7, 11) is -3.29. The number of hydrogen-bond donors (Lipinski definition) is 1. The van der Waals surface area contributed by atoms with Gasteiger partial charge in [0.25, 0.3) is 0 Å². The molecule has 8 heteroatoms. The summed E-state index contributed by atoms with van der Waals surface area (Å²) in [6.07, 6.45) is 0.584. The molecule has 4 rings (SSSR count). The van der Waals surface area contributed by atoms with Crippen molar-refractivity contribution in [3.8, 4) is 5.69 Å². The molecule has 0 spiro atoms. The molecule has 0 radical (unpaired) electrons. The summed E-state index contributed by atoms with van der Waals surface area (Å²) in [4.78, 5) is 13.1. The normalized spacial score (nSPS) is 15.7. The molecule has 2 heterocycles. The van der Waals surface area contributed by atoms with E-state index in [0.29, 0.717) is 29.2 Å². The van der Waals surface area contributed by atoms with Crippen LogP contribution in [0.5, 0.6) is 0 Å². The van der Waals surface area contributed by atoms with Gasteiger partial charge in [-0.25, -0.2) is 17.5 Å². The van der Waals surface area contributed by atoms with Crippen molar-refractivity contribution in [2.45, 2.75) is 30.8 Å². The predicted molar refractivity (Wildman–Crippen MR) is 108 cm³/mol. The van der Waals surface area contributed by atoms with Gasteiger partial charge < -0.3 is 5.32 Å². The van der Waals surface area contributed by atoms with Crippen LogP contribution >= 0.6 is 0 Å². The fourth-order valence-corrected chi connectivity index (χ4v) is 5.10. The van der Waals surface area contributed by atoms with E-state index < -0.39 is 15.7 Å². The average molecular weight is 413 g/mol. The smallest absolute Gasteiger partial charge is 0.233 e. The molecule has 1 aromatic heterocycles. The third-order valence-electron chi connectivity index (χ3n) is 5.03. The fraction of sp³-hybridized carbons (Fsp3) is 0.238. The van der Waals surface area contributed by atoms with Crippen LogP contribution in [0, 0.1) is 5.82 Å². The topological polar surface area (TPSA) is 81.1 Å². The third-order valence-corrected chi connectivity index (χ3v) is 6.47. The Morgan fingerprint density at radius 1 is 1.14 bits per heavy atom. The highest BCUT2D eigenvalue weighted by Crippen LogP contribution is 2.34. The molecule has 1 amide bonds. The molecule has 1 unspecified atom stereocenters. The Bertz CT molecular complexity index is 1160. The number of halogens is 1. The summed E-state index contributed by atoms with van der Waals surface area (Å²) in [5, 5.41) is 7.29. The fourth-order valence-electron chi connectivity index (χ4n) is 3.60. The molecule has 3 aromatic rings. The van der Waals surface area contributed by atoms with Crippen LogP contribution in [0.15, 0.2) is 54.6 Å². The first-order valence-corrected chi connectivity index (χ1v) is 11.1. The van der Waals surface area contributed by atoms with E-state index in [9.17, 15) is 17.6 Å². The zero-order chi connectivity index (χ0) is 20.6. The molecule has 0 bridgehead atoms. The highest BCUT2D eigenvalue weighted by molar-refractivity contribution is 7.90. The van der Waals surface area contributed by atoms with Gasteiger partial charge in [0.2, 0.25) is 5.91 Å². The molecule has 1 aliphatic rings. The van der Waals surface area contributed by atoms with E-state index in [0.717, 1.165) is 5.56 Å². The first-order chi connectivity index (χ1) is 13.9. The standard InChI is InChI=1S/C21H20FN3O3S/c1-2-17(14-6-4-3-5-7-14)21(26)23-20-18-12-29(27,28)13-19(18)24-25(20)16-10-8-15(22)9-11-16/h3-11,17H,2,12-13H2,1H3,(H,23,26). The van der Waals surface area contributed by atoms with Crippen LogP contribution in [0.1, 0.15) is 36.1 Å². The Hall–Kier alpha value is -3.00. The molecule has 1 aliphatic heterocycles. The van der Waals surface area contributed by atoms with E-state index in [1.165, 1.54) is 28.9 Å². The van der Waals surface area contributed by atoms with Crippen molar-refractivity contribution in [1.29, 1.82) is 0 Å². The molecule has 0 saturated heterocycles. The molecule has 0 saturated carbocycles. The molecule has 1 atom stereocenters. The van der Waals surface area contributed by atoms with Gasteiger partial charge >= 0.3 is 0 Å². The van der Waals surface area contributed by atoms with E-state index in [1.54, 1.807) is 0 Å². The minimum atomic E-state index is -3.29. The summed E-state index contributed by atoms with van der Waals surface area (Å²) in [6, 6.07) is 15.1. The van der Waals surface area contributed by atoms with Crippen molar-refractivity contribution in [2.24, 2.45) is 0 Å². The zero-order valence-electron chi connectivity index (χ0n) is 15.8. The Labute approximate surface area is 168 Å². The molecule has 0 fully saturated rings. The molecule has 0 aliphatic carbocycles. The molecule has 29 heavy (non-hydrogen) atoms. The van der Waals surface area contributed by atoms with Gasteiger partial charge in [-0.2, -0.15) is 5.10 Å². The minimum Gasteiger partial charge on any atom is -0.310 e. The van der Waals surface area contributed by atoms with E-state index in [1.807, 2.05) is 37.3 Å². The van der Waals surface area contributed by atoms with Crippen molar-refractivity contribution in [3.63, 3.8) is 0 Å². The lowest BCUT2D eigenvalue weighted by Crippen LogP contribution is -2.23. The van der Waals surface area contributed by atoms with Crippen LogP contribution in [-0.4, -0.2) is 24.1 Å². The number of carbonyl (C=O) groups excluding carboxylic acids is 1.